The van der Waals surface area contributed by atoms with Crippen molar-refractivity contribution < 1.29 is 23.4 Å². The lowest BCUT2D eigenvalue weighted by Gasteiger charge is -2.24. The van der Waals surface area contributed by atoms with Gasteiger partial charge in [0.25, 0.3) is 5.91 Å². The molecule has 0 radical (unpaired) electrons. The number of benzene rings is 2. The highest BCUT2D eigenvalue weighted by atomic mass is 35.5. The molecule has 0 aliphatic carbocycles. The molecule has 1 aliphatic rings. The third-order valence-electron chi connectivity index (χ3n) is 4.00. The third kappa shape index (κ3) is 3.72. The van der Waals surface area contributed by atoms with Crippen LogP contribution in [0.4, 0.5) is 6.01 Å². The van der Waals surface area contributed by atoms with Crippen molar-refractivity contribution in [3.05, 3.63) is 47.5 Å². The van der Waals surface area contributed by atoms with E-state index in [1.54, 1.807) is 56.3 Å². The summed E-state index contributed by atoms with van der Waals surface area (Å²) in [4.78, 5) is 12.6. The van der Waals surface area contributed by atoms with Crippen LogP contribution in [0.15, 0.2) is 46.9 Å². The van der Waals surface area contributed by atoms with Crippen LogP contribution in [0.3, 0.4) is 0 Å². The summed E-state index contributed by atoms with van der Waals surface area (Å²) in [5, 5.41) is 11.0. The first-order valence-corrected chi connectivity index (χ1v) is 8.78. The largest absolute Gasteiger partial charge is 0.478 e. The Morgan fingerprint density at radius 3 is 2.64 bits per heavy atom. The first-order valence-electron chi connectivity index (χ1n) is 8.40. The average Bonchev–Trinajstić information content (AvgIpc) is 3.32. The van der Waals surface area contributed by atoms with Gasteiger partial charge in [-0.2, -0.15) is 0 Å². The lowest BCUT2D eigenvalue weighted by Crippen LogP contribution is -2.42. The molecule has 1 aromatic heterocycles. The van der Waals surface area contributed by atoms with E-state index in [1.807, 2.05) is 0 Å². The van der Waals surface area contributed by atoms with Crippen LogP contribution in [-0.2, 0) is 4.79 Å². The molecule has 8 nitrogen and oxygen atoms in total. The smallest absolute Gasteiger partial charge is 0.322 e. The van der Waals surface area contributed by atoms with Crippen molar-refractivity contribution in [3.63, 3.8) is 0 Å². The van der Waals surface area contributed by atoms with Gasteiger partial charge in [0.2, 0.25) is 12.7 Å². The Morgan fingerprint density at radius 1 is 1.11 bits per heavy atom. The first kappa shape index (κ1) is 18.1. The van der Waals surface area contributed by atoms with Gasteiger partial charge in [0, 0.05) is 10.6 Å². The number of aromatic nitrogens is 2. The topological polar surface area (TPSA) is 95.7 Å². The second kappa shape index (κ2) is 7.05. The van der Waals surface area contributed by atoms with Crippen molar-refractivity contribution in [2.45, 2.75) is 19.4 Å². The van der Waals surface area contributed by atoms with Crippen LogP contribution in [-0.4, -0.2) is 28.5 Å². The molecule has 4 rings (SSSR count). The summed E-state index contributed by atoms with van der Waals surface area (Å²) in [6, 6.07) is 11.9. The summed E-state index contributed by atoms with van der Waals surface area (Å²) in [5.74, 6) is 1.56. The third-order valence-corrected chi connectivity index (χ3v) is 4.25. The quantitative estimate of drug-likeness (QED) is 0.692. The molecule has 0 saturated heterocycles. The zero-order valence-electron chi connectivity index (χ0n) is 15.1. The molecule has 9 heteroatoms. The summed E-state index contributed by atoms with van der Waals surface area (Å²) >= 11 is 5.86. The maximum Gasteiger partial charge on any atom is 0.322 e. The molecular formula is C19H16ClN3O5. The summed E-state index contributed by atoms with van der Waals surface area (Å²) in [6.45, 7) is 3.44. The number of anilines is 1. The number of ether oxygens (including phenoxy) is 3. The maximum absolute atomic E-state index is 12.6. The van der Waals surface area contributed by atoms with E-state index in [0.717, 1.165) is 0 Å². The van der Waals surface area contributed by atoms with E-state index in [4.69, 9.17) is 30.2 Å². The van der Waals surface area contributed by atoms with Gasteiger partial charge in [-0.3, -0.25) is 10.1 Å². The number of halogens is 1. The number of carbonyl (C=O) groups excluding carboxylic acids is 1. The lowest BCUT2D eigenvalue weighted by molar-refractivity contribution is -0.128. The molecule has 2 aromatic carbocycles. The van der Waals surface area contributed by atoms with Crippen molar-refractivity contribution in [1.29, 1.82) is 0 Å². The lowest BCUT2D eigenvalue weighted by atomic mass is 10.1. The van der Waals surface area contributed by atoms with Crippen molar-refractivity contribution in [3.8, 4) is 28.7 Å². The minimum atomic E-state index is -1.18. The van der Waals surface area contributed by atoms with Crippen LogP contribution < -0.4 is 19.5 Å². The molecule has 144 valence electrons. The minimum absolute atomic E-state index is 0.0366. The fraction of sp³-hybridized carbons (Fsp3) is 0.211. The van der Waals surface area contributed by atoms with Crippen LogP contribution in [0.25, 0.3) is 11.5 Å². The number of carbonyl (C=O) groups is 1. The van der Waals surface area contributed by atoms with Crippen LogP contribution >= 0.6 is 11.6 Å². The number of hydrogen-bond donors (Lipinski definition) is 1. The van der Waals surface area contributed by atoms with E-state index in [0.29, 0.717) is 27.8 Å². The Hall–Kier alpha value is -3.26. The predicted octanol–water partition coefficient (Wildman–Crippen LogP) is 3.91. The van der Waals surface area contributed by atoms with E-state index in [2.05, 4.69) is 15.5 Å². The Kier molecular flexibility index (Phi) is 4.56. The SMILES string of the molecule is CC(C)(Oc1ccc(Cl)cc1)C(=O)Nc1nnc(-c2ccc3c(c2)OCO3)o1. The molecule has 0 atom stereocenters. The molecule has 1 aliphatic heterocycles. The molecule has 0 unspecified atom stereocenters. The Labute approximate surface area is 165 Å². The molecule has 0 spiro atoms. The molecule has 0 bridgehead atoms. The standard InChI is InChI=1S/C19H16ClN3O5/c1-19(2,28-13-6-4-12(20)5-7-13)17(24)21-18-23-22-16(27-18)11-3-8-14-15(9-11)26-10-25-14/h3-9H,10H2,1-2H3,(H,21,23,24). The molecule has 1 amide bonds. The van der Waals surface area contributed by atoms with Crippen molar-refractivity contribution in [2.75, 3.05) is 12.1 Å². The van der Waals surface area contributed by atoms with Gasteiger partial charge < -0.3 is 18.6 Å². The fourth-order valence-corrected chi connectivity index (χ4v) is 2.64. The minimum Gasteiger partial charge on any atom is -0.478 e. The van der Waals surface area contributed by atoms with Crippen molar-refractivity contribution >= 4 is 23.5 Å². The van der Waals surface area contributed by atoms with Gasteiger partial charge in [-0.05, 0) is 56.3 Å². The zero-order chi connectivity index (χ0) is 19.7. The van der Waals surface area contributed by atoms with E-state index in [-0.39, 0.29) is 18.7 Å². The van der Waals surface area contributed by atoms with Gasteiger partial charge >= 0.3 is 6.01 Å². The second-order valence-electron chi connectivity index (χ2n) is 6.50. The van der Waals surface area contributed by atoms with E-state index in [9.17, 15) is 4.79 Å². The van der Waals surface area contributed by atoms with Crippen LogP contribution in [0.1, 0.15) is 13.8 Å². The number of hydrogen-bond acceptors (Lipinski definition) is 7. The van der Waals surface area contributed by atoms with Gasteiger partial charge in [0.1, 0.15) is 5.75 Å². The number of rotatable bonds is 5. The second-order valence-corrected chi connectivity index (χ2v) is 6.94. The highest BCUT2D eigenvalue weighted by Gasteiger charge is 2.31. The number of nitrogens with zero attached hydrogens (tertiary/aromatic N) is 2. The Morgan fingerprint density at radius 2 is 1.86 bits per heavy atom. The molecule has 2 heterocycles. The van der Waals surface area contributed by atoms with E-state index >= 15 is 0 Å². The average molecular weight is 402 g/mol. The maximum atomic E-state index is 12.6. The molecule has 28 heavy (non-hydrogen) atoms. The summed E-state index contributed by atoms with van der Waals surface area (Å²) in [5.41, 5.74) is -0.532. The molecule has 3 aromatic rings. The molecular weight excluding hydrogens is 386 g/mol. The highest BCUT2D eigenvalue weighted by molar-refractivity contribution is 6.30. The van der Waals surface area contributed by atoms with Gasteiger partial charge in [-0.25, -0.2) is 0 Å². The molecule has 1 N–H and O–H groups in total. The summed E-state index contributed by atoms with van der Waals surface area (Å²) < 4.78 is 21.9. The Balaban J connectivity index is 1.45. The molecule has 0 saturated carbocycles. The number of amides is 1. The molecule has 0 fully saturated rings. The first-order chi connectivity index (χ1) is 13.4. The zero-order valence-corrected chi connectivity index (χ0v) is 15.8. The summed E-state index contributed by atoms with van der Waals surface area (Å²) in [6.07, 6.45) is 0. The van der Waals surface area contributed by atoms with Crippen molar-refractivity contribution in [2.24, 2.45) is 0 Å². The van der Waals surface area contributed by atoms with Crippen LogP contribution in [0, 0.1) is 0 Å². The number of nitrogens with one attached hydrogen (secondary N) is 1. The Bertz CT molecular complexity index is 1020. The monoisotopic (exact) mass is 401 g/mol. The predicted molar refractivity (Wildman–Crippen MR) is 101 cm³/mol. The van der Waals surface area contributed by atoms with E-state index < -0.39 is 11.5 Å². The van der Waals surface area contributed by atoms with Crippen LogP contribution in [0.5, 0.6) is 17.2 Å². The van der Waals surface area contributed by atoms with Gasteiger partial charge in [-0.15, -0.1) is 5.10 Å². The van der Waals surface area contributed by atoms with E-state index in [1.165, 1.54) is 0 Å². The summed E-state index contributed by atoms with van der Waals surface area (Å²) in [7, 11) is 0. The van der Waals surface area contributed by atoms with Crippen molar-refractivity contribution in [1.82, 2.24) is 10.2 Å². The highest BCUT2D eigenvalue weighted by Crippen LogP contribution is 2.35. The van der Waals surface area contributed by atoms with Crippen LogP contribution in [0.2, 0.25) is 5.02 Å². The number of fused-ring (bicyclic) bond motifs is 1. The fourth-order valence-electron chi connectivity index (χ4n) is 2.51. The van der Waals surface area contributed by atoms with Gasteiger partial charge in [-0.1, -0.05) is 16.7 Å². The van der Waals surface area contributed by atoms with Gasteiger partial charge in [0.05, 0.1) is 0 Å². The normalized spacial score (nSPS) is 12.7. The van der Waals surface area contributed by atoms with Gasteiger partial charge in [0.15, 0.2) is 17.1 Å².